The number of hydrazone groups is 1. The summed E-state index contributed by atoms with van der Waals surface area (Å²) < 4.78 is 5.72. The van der Waals surface area contributed by atoms with Crippen LogP contribution in [0.5, 0.6) is 5.75 Å². The number of aromatic nitrogens is 3. The highest BCUT2D eigenvalue weighted by molar-refractivity contribution is 8.00. The van der Waals surface area contributed by atoms with Crippen LogP contribution < -0.4 is 21.4 Å². The van der Waals surface area contributed by atoms with E-state index < -0.39 is 22.4 Å². The maximum atomic E-state index is 12.1. The number of aromatic amines is 2. The molecule has 144 valence electrons. The first-order valence-electron chi connectivity index (χ1n) is 8.27. The second kappa shape index (κ2) is 9.72. The van der Waals surface area contributed by atoms with E-state index in [-0.39, 0.29) is 5.03 Å². The number of ether oxygens (including phenoxy) is 1. The van der Waals surface area contributed by atoms with Crippen molar-refractivity contribution in [2.75, 3.05) is 6.61 Å². The van der Waals surface area contributed by atoms with Gasteiger partial charge in [-0.05, 0) is 25.0 Å². The zero-order chi connectivity index (χ0) is 19.8. The lowest BCUT2D eigenvalue weighted by Crippen LogP contribution is -2.30. The molecule has 9 nitrogen and oxygen atoms in total. The molecule has 0 saturated carbocycles. The lowest BCUT2D eigenvalue weighted by atomic mass is 10.2. The maximum absolute atomic E-state index is 12.1. The van der Waals surface area contributed by atoms with Crippen LogP contribution in [0.4, 0.5) is 0 Å². The first-order valence-corrected chi connectivity index (χ1v) is 9.15. The molecular weight excluding hydrogens is 370 g/mol. The van der Waals surface area contributed by atoms with Crippen LogP contribution in [0, 0.1) is 5.92 Å². The lowest BCUT2D eigenvalue weighted by molar-refractivity contribution is -0.120. The van der Waals surface area contributed by atoms with Gasteiger partial charge in [-0.2, -0.15) is 10.2 Å². The van der Waals surface area contributed by atoms with Gasteiger partial charge in [-0.25, -0.2) is 15.3 Å². The first kappa shape index (κ1) is 20.4. The van der Waals surface area contributed by atoms with Crippen molar-refractivity contribution >= 4 is 23.9 Å². The van der Waals surface area contributed by atoms with Crippen LogP contribution in [0.3, 0.4) is 0 Å². The van der Waals surface area contributed by atoms with Gasteiger partial charge in [0.05, 0.1) is 18.1 Å². The van der Waals surface area contributed by atoms with Gasteiger partial charge in [0.15, 0.2) is 5.03 Å². The Labute approximate surface area is 159 Å². The number of carbonyl (C=O) groups excluding carboxylic acids is 1. The van der Waals surface area contributed by atoms with Gasteiger partial charge in [-0.3, -0.25) is 14.6 Å². The summed E-state index contributed by atoms with van der Waals surface area (Å²) in [5.41, 5.74) is 1.80. The van der Waals surface area contributed by atoms with E-state index in [9.17, 15) is 14.4 Å². The number of nitrogens with one attached hydrogen (secondary N) is 3. The van der Waals surface area contributed by atoms with Crippen molar-refractivity contribution in [2.45, 2.75) is 31.0 Å². The Balaban J connectivity index is 1.96. The van der Waals surface area contributed by atoms with E-state index in [2.05, 4.69) is 34.6 Å². The summed E-state index contributed by atoms with van der Waals surface area (Å²) >= 11 is 0.912. The molecule has 0 bridgehead atoms. The Morgan fingerprint density at radius 3 is 2.78 bits per heavy atom. The molecular formula is C17H21N5O4S. The fourth-order valence-corrected chi connectivity index (χ4v) is 2.62. The summed E-state index contributed by atoms with van der Waals surface area (Å²) in [4.78, 5) is 36.7. The molecule has 1 amide bonds. The van der Waals surface area contributed by atoms with Crippen molar-refractivity contribution in [1.29, 1.82) is 0 Å². The normalized spacial score (nSPS) is 12.3. The molecule has 0 saturated heterocycles. The summed E-state index contributed by atoms with van der Waals surface area (Å²) in [7, 11) is 0. The highest BCUT2D eigenvalue weighted by Crippen LogP contribution is 2.18. The predicted molar refractivity (Wildman–Crippen MR) is 103 cm³/mol. The molecule has 2 rings (SSSR count). The van der Waals surface area contributed by atoms with Crippen LogP contribution in [0.2, 0.25) is 0 Å². The summed E-state index contributed by atoms with van der Waals surface area (Å²) in [6, 6.07) is 7.36. The summed E-state index contributed by atoms with van der Waals surface area (Å²) in [5.74, 6) is 0.650. The Bertz CT molecular complexity index is 922. The van der Waals surface area contributed by atoms with Crippen molar-refractivity contribution in [3.8, 4) is 5.75 Å². The fourth-order valence-electron chi connectivity index (χ4n) is 1.87. The maximum Gasteiger partial charge on any atom is 0.342 e. The van der Waals surface area contributed by atoms with Gasteiger partial charge in [0.25, 0.3) is 11.5 Å². The highest BCUT2D eigenvalue weighted by Gasteiger charge is 2.17. The van der Waals surface area contributed by atoms with Crippen LogP contribution in [0.25, 0.3) is 0 Å². The minimum absolute atomic E-state index is 0.00587. The first-order chi connectivity index (χ1) is 12.9. The number of amides is 1. The van der Waals surface area contributed by atoms with E-state index in [1.165, 1.54) is 6.21 Å². The van der Waals surface area contributed by atoms with Gasteiger partial charge in [0.1, 0.15) is 5.75 Å². The zero-order valence-corrected chi connectivity index (χ0v) is 16.0. The number of hydrogen-bond acceptors (Lipinski definition) is 7. The number of rotatable bonds is 8. The van der Waals surface area contributed by atoms with Gasteiger partial charge < -0.3 is 4.74 Å². The van der Waals surface area contributed by atoms with Crippen LogP contribution in [-0.4, -0.2) is 39.2 Å². The third-order valence-corrected chi connectivity index (χ3v) is 4.28. The Morgan fingerprint density at radius 2 is 2.07 bits per heavy atom. The monoisotopic (exact) mass is 391 g/mol. The molecule has 1 unspecified atom stereocenters. The number of carbonyl (C=O) groups is 1. The van der Waals surface area contributed by atoms with Crippen LogP contribution in [0.1, 0.15) is 26.3 Å². The molecule has 1 aromatic heterocycles. The topological polar surface area (TPSA) is 129 Å². The summed E-state index contributed by atoms with van der Waals surface area (Å²) in [6.07, 6.45) is 1.50. The van der Waals surface area contributed by atoms with Crippen LogP contribution in [-0.2, 0) is 4.79 Å². The smallest absolute Gasteiger partial charge is 0.342 e. The number of H-pyrrole nitrogens is 2. The van der Waals surface area contributed by atoms with Gasteiger partial charge in [0, 0.05) is 5.56 Å². The van der Waals surface area contributed by atoms with E-state index in [4.69, 9.17) is 4.74 Å². The lowest BCUT2D eigenvalue weighted by Gasteiger charge is -2.11. The third-order valence-electron chi connectivity index (χ3n) is 3.21. The van der Waals surface area contributed by atoms with Crippen molar-refractivity contribution in [3.63, 3.8) is 0 Å². The molecule has 0 spiro atoms. The average molecular weight is 391 g/mol. The van der Waals surface area contributed by atoms with E-state index in [0.29, 0.717) is 18.3 Å². The van der Waals surface area contributed by atoms with Gasteiger partial charge in [0.2, 0.25) is 0 Å². The molecule has 1 atom stereocenters. The number of hydrogen-bond donors (Lipinski definition) is 3. The molecule has 0 aliphatic heterocycles. The minimum atomic E-state index is -0.704. The standard InChI is InChI=1S/C17H21N5O4S/c1-10(2)9-26-13-7-5-4-6-12(13)8-18-20-14(23)11(3)27-16-15(24)19-17(25)22-21-16/h4-8,10-11H,9H2,1-3H3,(H,20,23)(H2,19,22,24,25)/b18-8+. The molecule has 10 heteroatoms. The summed E-state index contributed by atoms with van der Waals surface area (Å²) in [6.45, 7) is 6.28. The predicted octanol–water partition coefficient (Wildman–Crippen LogP) is 1.12. The van der Waals surface area contributed by atoms with Crippen molar-refractivity contribution < 1.29 is 9.53 Å². The van der Waals surface area contributed by atoms with E-state index in [0.717, 1.165) is 17.3 Å². The molecule has 1 aromatic carbocycles. The molecule has 1 heterocycles. The van der Waals surface area contributed by atoms with Gasteiger partial charge in [-0.1, -0.05) is 37.7 Å². The molecule has 27 heavy (non-hydrogen) atoms. The summed E-state index contributed by atoms with van der Waals surface area (Å²) in [5, 5.41) is 9.04. The SMILES string of the molecule is CC(C)COc1ccccc1/C=N/NC(=O)C(C)Sc1n[nH]c(=O)[nH]c1=O. The second-order valence-corrected chi connectivity index (χ2v) is 7.38. The van der Waals surface area contributed by atoms with Crippen molar-refractivity contribution in [2.24, 2.45) is 11.0 Å². The number of para-hydroxylation sites is 1. The number of thioether (sulfide) groups is 1. The van der Waals surface area contributed by atoms with E-state index in [1.54, 1.807) is 6.92 Å². The highest BCUT2D eigenvalue weighted by atomic mass is 32.2. The van der Waals surface area contributed by atoms with Crippen molar-refractivity contribution in [1.82, 2.24) is 20.6 Å². The second-order valence-electron chi connectivity index (χ2n) is 6.05. The quantitative estimate of drug-likeness (QED) is 0.351. The molecule has 0 radical (unpaired) electrons. The molecule has 0 aliphatic rings. The van der Waals surface area contributed by atoms with E-state index in [1.807, 2.05) is 29.2 Å². The van der Waals surface area contributed by atoms with Crippen LogP contribution in [0.15, 0.2) is 44.0 Å². The molecule has 0 aliphatic carbocycles. The molecule has 3 N–H and O–H groups in total. The average Bonchev–Trinajstić information content (AvgIpc) is 2.63. The zero-order valence-electron chi connectivity index (χ0n) is 15.2. The van der Waals surface area contributed by atoms with Crippen molar-refractivity contribution in [3.05, 3.63) is 50.7 Å². The molecule has 0 fully saturated rings. The Hall–Kier alpha value is -2.88. The van der Waals surface area contributed by atoms with Gasteiger partial charge in [-0.15, -0.1) is 0 Å². The van der Waals surface area contributed by atoms with Crippen LogP contribution >= 0.6 is 11.8 Å². The fraction of sp³-hybridized carbons (Fsp3) is 0.353. The minimum Gasteiger partial charge on any atom is -0.493 e. The largest absolute Gasteiger partial charge is 0.493 e. The van der Waals surface area contributed by atoms with E-state index >= 15 is 0 Å². The molecule has 2 aromatic rings. The van der Waals surface area contributed by atoms with Gasteiger partial charge >= 0.3 is 5.69 Å². The number of nitrogens with zero attached hydrogens (tertiary/aromatic N) is 2. The number of benzene rings is 1. The Kier molecular flexibility index (Phi) is 7.35. The third kappa shape index (κ3) is 6.41. The Morgan fingerprint density at radius 1 is 1.33 bits per heavy atom.